The molecule has 0 aromatic heterocycles. The van der Waals surface area contributed by atoms with Crippen LogP contribution in [0.2, 0.25) is 0 Å². The zero-order valence-corrected chi connectivity index (χ0v) is 12.9. The second-order valence-electron chi connectivity index (χ2n) is 6.65. The summed E-state index contributed by atoms with van der Waals surface area (Å²) in [7, 11) is 0. The number of aliphatic hydroxyl groups excluding tert-OH is 1. The Morgan fingerprint density at radius 2 is 2.05 bits per heavy atom. The third kappa shape index (κ3) is 3.53. The lowest BCUT2D eigenvalue weighted by Gasteiger charge is -2.22. The number of nitrogens with one attached hydrogen (secondary N) is 1. The second kappa shape index (κ2) is 5.30. The Morgan fingerprint density at radius 3 is 2.52 bits per heavy atom. The monoisotopic (exact) mass is 295 g/mol. The van der Waals surface area contributed by atoms with Crippen molar-refractivity contribution in [2.75, 3.05) is 5.32 Å². The minimum atomic E-state index is -0.622. The third-order valence-electron chi connectivity index (χ3n) is 3.74. The number of carbonyl (C=O) groups is 1. The molecule has 0 heterocycles. The first-order chi connectivity index (χ1) is 9.64. The largest absolute Gasteiger partial charge is 0.444 e. The van der Waals surface area contributed by atoms with E-state index in [0.29, 0.717) is 11.3 Å². The van der Waals surface area contributed by atoms with Gasteiger partial charge in [-0.05, 0) is 64.3 Å². The molecule has 1 atom stereocenters. The number of aliphatic hydroxyl groups is 1. The van der Waals surface area contributed by atoms with Crippen LogP contribution in [-0.2, 0) is 10.2 Å². The number of benzene rings is 1. The van der Waals surface area contributed by atoms with Crippen LogP contribution in [0.25, 0.3) is 0 Å². The minimum absolute atomic E-state index is 0.358. The molecule has 2 rings (SSSR count). The first kappa shape index (κ1) is 15.8. The second-order valence-corrected chi connectivity index (χ2v) is 6.65. The van der Waals surface area contributed by atoms with Crippen LogP contribution in [0.15, 0.2) is 18.2 Å². The molecule has 1 aliphatic rings. The van der Waals surface area contributed by atoms with E-state index in [9.17, 15) is 14.3 Å². The van der Waals surface area contributed by atoms with Gasteiger partial charge in [0.05, 0.1) is 6.10 Å². The number of amides is 1. The normalized spacial score (nSPS) is 18.0. The molecular formula is C16H22FNO3. The molecule has 0 aliphatic heterocycles. The first-order valence-electron chi connectivity index (χ1n) is 7.12. The van der Waals surface area contributed by atoms with E-state index in [2.05, 4.69) is 5.32 Å². The fourth-order valence-electron chi connectivity index (χ4n) is 2.45. The average Bonchev–Trinajstić information content (AvgIpc) is 3.10. The maximum atomic E-state index is 14.0. The molecule has 0 saturated heterocycles. The highest BCUT2D eigenvalue weighted by molar-refractivity contribution is 5.85. The number of ether oxygens (including phenoxy) is 1. The van der Waals surface area contributed by atoms with Gasteiger partial charge in [-0.25, -0.2) is 9.18 Å². The van der Waals surface area contributed by atoms with Gasteiger partial charge in [0.25, 0.3) is 0 Å². The van der Waals surface area contributed by atoms with Gasteiger partial charge in [0.1, 0.15) is 11.4 Å². The zero-order chi connectivity index (χ0) is 15.8. The number of hydrogen-bond donors (Lipinski definition) is 2. The van der Waals surface area contributed by atoms with Gasteiger partial charge in [-0.15, -0.1) is 0 Å². The van der Waals surface area contributed by atoms with Gasteiger partial charge in [0, 0.05) is 11.1 Å². The van der Waals surface area contributed by atoms with Crippen LogP contribution in [0.5, 0.6) is 0 Å². The lowest BCUT2D eigenvalue weighted by molar-refractivity contribution is 0.0636. The van der Waals surface area contributed by atoms with Crippen molar-refractivity contribution in [3.05, 3.63) is 29.6 Å². The lowest BCUT2D eigenvalue weighted by atomic mass is 9.90. The molecular weight excluding hydrogens is 273 g/mol. The van der Waals surface area contributed by atoms with Crippen LogP contribution >= 0.6 is 0 Å². The highest BCUT2D eigenvalue weighted by Gasteiger charge is 2.50. The van der Waals surface area contributed by atoms with Crippen molar-refractivity contribution in [3.63, 3.8) is 0 Å². The maximum absolute atomic E-state index is 14.0. The standard InChI is InChI=1S/C16H22FNO3/c1-10(19)16(7-8-16)12-9-11(5-6-13(12)17)18-14(20)21-15(2,3)4/h5-6,9-10,19H,7-8H2,1-4H3,(H,18,20). The summed E-state index contributed by atoms with van der Waals surface area (Å²) in [6.07, 6.45) is 0.292. The van der Waals surface area contributed by atoms with E-state index in [1.165, 1.54) is 12.1 Å². The predicted molar refractivity (Wildman–Crippen MR) is 78.8 cm³/mol. The van der Waals surface area contributed by atoms with E-state index >= 15 is 0 Å². The lowest BCUT2D eigenvalue weighted by Crippen LogP contribution is -2.27. The summed E-state index contributed by atoms with van der Waals surface area (Å²) in [6.45, 7) is 6.99. The summed E-state index contributed by atoms with van der Waals surface area (Å²) in [6, 6.07) is 4.38. The molecule has 1 fully saturated rings. The van der Waals surface area contributed by atoms with Crippen molar-refractivity contribution in [1.82, 2.24) is 0 Å². The molecule has 1 aliphatic carbocycles. The first-order valence-corrected chi connectivity index (χ1v) is 7.12. The summed E-state index contributed by atoms with van der Waals surface area (Å²) in [5.41, 5.74) is -0.196. The van der Waals surface area contributed by atoms with Crippen LogP contribution in [0.3, 0.4) is 0 Å². The van der Waals surface area contributed by atoms with Crippen molar-refractivity contribution in [1.29, 1.82) is 0 Å². The van der Waals surface area contributed by atoms with E-state index in [1.54, 1.807) is 33.8 Å². The minimum Gasteiger partial charge on any atom is -0.444 e. The number of anilines is 1. The number of halogens is 1. The zero-order valence-electron chi connectivity index (χ0n) is 12.9. The smallest absolute Gasteiger partial charge is 0.412 e. The quantitative estimate of drug-likeness (QED) is 0.896. The van der Waals surface area contributed by atoms with Crippen molar-refractivity contribution in [2.24, 2.45) is 0 Å². The Balaban J connectivity index is 2.18. The Morgan fingerprint density at radius 1 is 1.43 bits per heavy atom. The van der Waals surface area contributed by atoms with Crippen LogP contribution in [0.1, 0.15) is 46.1 Å². The Hall–Kier alpha value is -1.62. The summed E-state index contributed by atoms with van der Waals surface area (Å²) in [4.78, 5) is 11.7. The van der Waals surface area contributed by atoms with Crippen molar-refractivity contribution in [3.8, 4) is 0 Å². The van der Waals surface area contributed by atoms with Gasteiger partial charge in [-0.3, -0.25) is 5.32 Å². The van der Waals surface area contributed by atoms with Crippen LogP contribution in [0, 0.1) is 5.82 Å². The molecule has 1 amide bonds. The van der Waals surface area contributed by atoms with Gasteiger partial charge < -0.3 is 9.84 Å². The molecule has 1 aromatic carbocycles. The molecule has 5 heteroatoms. The third-order valence-corrected chi connectivity index (χ3v) is 3.74. The molecule has 1 unspecified atom stereocenters. The fourth-order valence-corrected chi connectivity index (χ4v) is 2.45. The summed E-state index contributed by atoms with van der Waals surface area (Å²) >= 11 is 0. The van der Waals surface area contributed by atoms with Crippen LogP contribution in [-0.4, -0.2) is 22.9 Å². The fraction of sp³-hybridized carbons (Fsp3) is 0.562. The molecule has 1 saturated carbocycles. The molecule has 4 nitrogen and oxygen atoms in total. The van der Waals surface area contributed by atoms with E-state index in [4.69, 9.17) is 4.74 Å². The topological polar surface area (TPSA) is 58.6 Å². The Labute approximate surface area is 124 Å². The summed E-state index contributed by atoms with van der Waals surface area (Å²) < 4.78 is 19.2. The maximum Gasteiger partial charge on any atom is 0.412 e. The van der Waals surface area contributed by atoms with Gasteiger partial charge in [-0.2, -0.15) is 0 Å². The molecule has 21 heavy (non-hydrogen) atoms. The van der Waals surface area contributed by atoms with Gasteiger partial charge in [0.2, 0.25) is 0 Å². The molecule has 116 valence electrons. The van der Waals surface area contributed by atoms with E-state index in [-0.39, 0.29) is 5.82 Å². The van der Waals surface area contributed by atoms with Gasteiger partial charge in [0.15, 0.2) is 0 Å². The van der Waals surface area contributed by atoms with Crippen LogP contribution in [0.4, 0.5) is 14.9 Å². The predicted octanol–water partition coefficient (Wildman–Crippen LogP) is 3.59. The highest BCUT2D eigenvalue weighted by Crippen LogP contribution is 2.52. The molecule has 2 N–H and O–H groups in total. The molecule has 0 radical (unpaired) electrons. The van der Waals surface area contributed by atoms with Crippen molar-refractivity contribution in [2.45, 2.75) is 57.7 Å². The van der Waals surface area contributed by atoms with Gasteiger partial charge in [-0.1, -0.05) is 0 Å². The number of carbonyl (C=O) groups excluding carboxylic acids is 1. The molecule has 1 aromatic rings. The van der Waals surface area contributed by atoms with E-state index in [0.717, 1.165) is 12.8 Å². The molecule has 0 bridgehead atoms. The van der Waals surface area contributed by atoms with Crippen molar-refractivity contribution >= 4 is 11.8 Å². The highest BCUT2D eigenvalue weighted by atomic mass is 19.1. The van der Waals surface area contributed by atoms with Gasteiger partial charge >= 0.3 is 6.09 Å². The SMILES string of the molecule is CC(O)C1(c2cc(NC(=O)OC(C)(C)C)ccc2F)CC1. The van der Waals surface area contributed by atoms with E-state index < -0.39 is 23.2 Å². The Kier molecular flexibility index (Phi) is 3.97. The summed E-state index contributed by atoms with van der Waals surface area (Å²) in [5.74, 6) is -0.358. The average molecular weight is 295 g/mol. The molecule has 0 spiro atoms. The summed E-state index contributed by atoms with van der Waals surface area (Å²) in [5, 5.41) is 12.5. The van der Waals surface area contributed by atoms with E-state index in [1.807, 2.05) is 0 Å². The Bertz CT molecular complexity index is 545. The number of rotatable bonds is 3. The van der Waals surface area contributed by atoms with Crippen LogP contribution < -0.4 is 5.32 Å². The number of hydrogen-bond acceptors (Lipinski definition) is 3. The van der Waals surface area contributed by atoms with Crippen molar-refractivity contribution < 1.29 is 19.0 Å².